The molecule has 1 saturated carbocycles. The number of halogens is 1. The molecule has 1 aliphatic rings. The SMILES string of the molecule is CC(C)(C)OC1CCCCCC1Br. The average molecular weight is 249 g/mol. The zero-order valence-corrected chi connectivity index (χ0v) is 10.6. The van der Waals surface area contributed by atoms with Crippen LogP contribution in [-0.4, -0.2) is 16.5 Å². The molecule has 0 heterocycles. The fourth-order valence-corrected chi connectivity index (χ4v) is 2.51. The van der Waals surface area contributed by atoms with Crippen molar-refractivity contribution in [2.75, 3.05) is 0 Å². The number of alkyl halides is 1. The first-order valence-corrected chi connectivity index (χ1v) is 6.22. The van der Waals surface area contributed by atoms with Crippen LogP contribution in [0.15, 0.2) is 0 Å². The Balaban J connectivity index is 2.45. The lowest BCUT2D eigenvalue weighted by Gasteiger charge is -2.29. The van der Waals surface area contributed by atoms with Crippen LogP contribution in [0.1, 0.15) is 52.9 Å². The number of hydrogen-bond acceptors (Lipinski definition) is 1. The predicted molar refractivity (Wildman–Crippen MR) is 60.4 cm³/mol. The van der Waals surface area contributed by atoms with E-state index in [4.69, 9.17) is 4.74 Å². The zero-order chi connectivity index (χ0) is 9.90. The van der Waals surface area contributed by atoms with Crippen LogP contribution >= 0.6 is 15.9 Å². The average Bonchev–Trinajstić information content (AvgIpc) is 2.14. The van der Waals surface area contributed by atoms with Gasteiger partial charge in [0, 0.05) is 4.83 Å². The van der Waals surface area contributed by atoms with Crippen LogP contribution in [0.2, 0.25) is 0 Å². The molecular weight excluding hydrogens is 228 g/mol. The van der Waals surface area contributed by atoms with E-state index in [1.54, 1.807) is 0 Å². The van der Waals surface area contributed by atoms with E-state index in [2.05, 4.69) is 36.7 Å². The molecular formula is C11H21BrO. The van der Waals surface area contributed by atoms with Crippen molar-refractivity contribution in [3.63, 3.8) is 0 Å². The van der Waals surface area contributed by atoms with Crippen molar-refractivity contribution in [3.8, 4) is 0 Å². The Hall–Kier alpha value is 0.440. The minimum Gasteiger partial charge on any atom is -0.371 e. The first-order chi connectivity index (χ1) is 5.99. The maximum absolute atomic E-state index is 6.02. The van der Waals surface area contributed by atoms with Crippen LogP contribution in [0.3, 0.4) is 0 Å². The summed E-state index contributed by atoms with van der Waals surface area (Å²) in [5.74, 6) is 0. The van der Waals surface area contributed by atoms with Crippen LogP contribution in [-0.2, 0) is 4.74 Å². The number of rotatable bonds is 1. The van der Waals surface area contributed by atoms with Crippen LogP contribution in [0.4, 0.5) is 0 Å². The van der Waals surface area contributed by atoms with E-state index in [0.717, 1.165) is 0 Å². The lowest BCUT2D eigenvalue weighted by atomic mass is 10.1. The standard InChI is InChI=1S/C11H21BrO/c1-11(2,3)13-10-8-6-4-5-7-9(10)12/h9-10H,4-8H2,1-3H3. The fraction of sp³-hybridized carbons (Fsp3) is 1.00. The van der Waals surface area contributed by atoms with Gasteiger partial charge in [-0.25, -0.2) is 0 Å². The minimum absolute atomic E-state index is 0.00102. The molecule has 0 radical (unpaired) electrons. The Morgan fingerprint density at radius 1 is 1.08 bits per heavy atom. The van der Waals surface area contributed by atoms with E-state index in [1.165, 1.54) is 32.1 Å². The summed E-state index contributed by atoms with van der Waals surface area (Å²) in [5.41, 5.74) is 0.00102. The summed E-state index contributed by atoms with van der Waals surface area (Å²) >= 11 is 3.73. The molecule has 0 spiro atoms. The van der Waals surface area contributed by atoms with Gasteiger partial charge < -0.3 is 4.74 Å². The molecule has 0 saturated heterocycles. The Bertz CT molecular complexity index is 151. The molecule has 2 atom stereocenters. The quantitative estimate of drug-likeness (QED) is 0.506. The maximum atomic E-state index is 6.02. The fourth-order valence-electron chi connectivity index (χ4n) is 1.82. The van der Waals surface area contributed by atoms with Gasteiger partial charge in [-0.15, -0.1) is 0 Å². The van der Waals surface area contributed by atoms with Crippen LogP contribution in [0.5, 0.6) is 0 Å². The Kier molecular flexibility index (Phi) is 4.24. The van der Waals surface area contributed by atoms with Crippen molar-refractivity contribution in [2.45, 2.75) is 69.4 Å². The van der Waals surface area contributed by atoms with Gasteiger partial charge in [-0.3, -0.25) is 0 Å². The molecule has 78 valence electrons. The zero-order valence-electron chi connectivity index (χ0n) is 8.98. The van der Waals surface area contributed by atoms with Crippen LogP contribution in [0.25, 0.3) is 0 Å². The van der Waals surface area contributed by atoms with Gasteiger partial charge in [-0.1, -0.05) is 35.2 Å². The summed E-state index contributed by atoms with van der Waals surface area (Å²) in [7, 11) is 0. The first-order valence-electron chi connectivity index (χ1n) is 5.31. The molecule has 0 aromatic rings. The van der Waals surface area contributed by atoms with Crippen molar-refractivity contribution < 1.29 is 4.74 Å². The van der Waals surface area contributed by atoms with E-state index in [-0.39, 0.29) is 5.60 Å². The molecule has 0 aliphatic heterocycles. The van der Waals surface area contributed by atoms with E-state index < -0.39 is 0 Å². The van der Waals surface area contributed by atoms with Gasteiger partial charge in [-0.2, -0.15) is 0 Å². The van der Waals surface area contributed by atoms with E-state index in [9.17, 15) is 0 Å². The molecule has 0 aromatic carbocycles. The molecule has 0 amide bonds. The normalized spacial score (nSPS) is 31.4. The van der Waals surface area contributed by atoms with Gasteiger partial charge in [0.15, 0.2) is 0 Å². The number of ether oxygens (including phenoxy) is 1. The van der Waals surface area contributed by atoms with E-state index in [0.29, 0.717) is 10.9 Å². The molecule has 13 heavy (non-hydrogen) atoms. The van der Waals surface area contributed by atoms with E-state index in [1.807, 2.05) is 0 Å². The Morgan fingerprint density at radius 3 is 2.31 bits per heavy atom. The highest BCUT2D eigenvalue weighted by Gasteiger charge is 2.26. The lowest BCUT2D eigenvalue weighted by molar-refractivity contribution is -0.0615. The third-order valence-corrected chi connectivity index (χ3v) is 3.42. The van der Waals surface area contributed by atoms with Crippen LogP contribution < -0.4 is 0 Å². The Morgan fingerprint density at radius 2 is 1.69 bits per heavy atom. The minimum atomic E-state index is 0.00102. The summed E-state index contributed by atoms with van der Waals surface area (Å²) in [6.45, 7) is 6.41. The Labute approximate surface area is 90.4 Å². The van der Waals surface area contributed by atoms with Crippen molar-refractivity contribution in [3.05, 3.63) is 0 Å². The summed E-state index contributed by atoms with van der Waals surface area (Å²) in [6.07, 6.45) is 6.94. The van der Waals surface area contributed by atoms with Gasteiger partial charge in [0.1, 0.15) is 0 Å². The highest BCUT2D eigenvalue weighted by molar-refractivity contribution is 9.09. The first kappa shape index (κ1) is 11.5. The monoisotopic (exact) mass is 248 g/mol. The van der Waals surface area contributed by atoms with Gasteiger partial charge >= 0.3 is 0 Å². The molecule has 2 heteroatoms. The smallest absolute Gasteiger partial charge is 0.0707 e. The molecule has 2 unspecified atom stereocenters. The molecule has 1 nitrogen and oxygen atoms in total. The summed E-state index contributed by atoms with van der Waals surface area (Å²) in [6, 6.07) is 0. The largest absolute Gasteiger partial charge is 0.371 e. The van der Waals surface area contributed by atoms with Crippen molar-refractivity contribution in [1.29, 1.82) is 0 Å². The highest BCUT2D eigenvalue weighted by Crippen LogP contribution is 2.28. The van der Waals surface area contributed by atoms with Gasteiger partial charge in [0.25, 0.3) is 0 Å². The maximum Gasteiger partial charge on any atom is 0.0707 e. The molecule has 0 aromatic heterocycles. The predicted octanol–water partition coefficient (Wildman–Crippen LogP) is 3.90. The summed E-state index contributed by atoms with van der Waals surface area (Å²) in [4.78, 5) is 0.564. The third kappa shape index (κ3) is 4.46. The molecule has 0 N–H and O–H groups in total. The van der Waals surface area contributed by atoms with Crippen molar-refractivity contribution in [2.24, 2.45) is 0 Å². The van der Waals surface area contributed by atoms with Gasteiger partial charge in [-0.05, 0) is 33.6 Å². The van der Waals surface area contributed by atoms with Crippen LogP contribution in [0, 0.1) is 0 Å². The van der Waals surface area contributed by atoms with E-state index >= 15 is 0 Å². The number of hydrogen-bond donors (Lipinski definition) is 0. The summed E-state index contributed by atoms with van der Waals surface area (Å²) < 4.78 is 6.02. The highest BCUT2D eigenvalue weighted by atomic mass is 79.9. The van der Waals surface area contributed by atoms with Crippen molar-refractivity contribution >= 4 is 15.9 Å². The molecule has 1 fully saturated rings. The topological polar surface area (TPSA) is 9.23 Å². The van der Waals surface area contributed by atoms with Gasteiger partial charge in [0.05, 0.1) is 11.7 Å². The second kappa shape index (κ2) is 4.79. The summed E-state index contributed by atoms with van der Waals surface area (Å²) in [5, 5.41) is 0. The van der Waals surface area contributed by atoms with Crippen molar-refractivity contribution in [1.82, 2.24) is 0 Å². The second-order valence-electron chi connectivity index (χ2n) is 4.92. The van der Waals surface area contributed by atoms with Gasteiger partial charge in [0.2, 0.25) is 0 Å². The third-order valence-electron chi connectivity index (χ3n) is 2.38. The lowest BCUT2D eigenvalue weighted by Crippen LogP contribution is -2.32. The molecule has 1 rings (SSSR count). The molecule has 1 aliphatic carbocycles. The molecule has 0 bridgehead atoms. The second-order valence-corrected chi connectivity index (χ2v) is 6.10.